The van der Waals surface area contributed by atoms with Gasteiger partial charge in [0.25, 0.3) is 0 Å². The van der Waals surface area contributed by atoms with Crippen molar-refractivity contribution < 1.29 is 32.2 Å². The van der Waals surface area contributed by atoms with Crippen molar-refractivity contribution in [3.63, 3.8) is 0 Å². The van der Waals surface area contributed by atoms with Gasteiger partial charge in [0.05, 0.1) is 17.6 Å². The number of esters is 2. The number of cyclic esters (lactones) is 1. The van der Waals surface area contributed by atoms with E-state index in [0.717, 1.165) is 6.26 Å². The molecule has 8 heteroatoms. The van der Waals surface area contributed by atoms with Gasteiger partial charge in [-0.05, 0) is 35.4 Å². The second-order valence-corrected chi connectivity index (χ2v) is 8.20. The number of hydrogen-bond acceptors (Lipinski definition) is 7. The lowest BCUT2D eigenvalue weighted by molar-refractivity contribution is -0.134. The van der Waals surface area contributed by atoms with E-state index in [2.05, 4.69) is 0 Å². The van der Waals surface area contributed by atoms with Crippen LogP contribution < -0.4 is 9.47 Å². The maximum Gasteiger partial charge on any atom is 0.339 e. The highest BCUT2D eigenvalue weighted by Gasteiger charge is 2.28. The summed E-state index contributed by atoms with van der Waals surface area (Å²) in [6.45, 7) is 1.36. The first kappa shape index (κ1) is 19.6. The number of ether oxygens (including phenoxy) is 3. The Morgan fingerprint density at radius 2 is 1.68 bits per heavy atom. The van der Waals surface area contributed by atoms with Crippen molar-refractivity contribution in [3.05, 3.63) is 53.6 Å². The Balaban J connectivity index is 2.07. The van der Waals surface area contributed by atoms with Crippen LogP contribution in [0.25, 0.3) is 11.1 Å². The Kier molecular flexibility index (Phi) is 5.24. The maximum absolute atomic E-state index is 12.3. The van der Waals surface area contributed by atoms with Crippen LogP contribution in [0.15, 0.2) is 47.4 Å². The predicted molar refractivity (Wildman–Crippen MR) is 102 cm³/mol. The first-order valence-electron chi connectivity index (χ1n) is 8.28. The molecule has 0 saturated carbocycles. The fourth-order valence-corrected chi connectivity index (χ4v) is 3.52. The Morgan fingerprint density at radius 1 is 1.04 bits per heavy atom. The third kappa shape index (κ3) is 3.91. The van der Waals surface area contributed by atoms with E-state index in [0.29, 0.717) is 28.0 Å². The molecule has 1 aliphatic heterocycles. The van der Waals surface area contributed by atoms with Crippen molar-refractivity contribution in [2.24, 2.45) is 0 Å². The van der Waals surface area contributed by atoms with Gasteiger partial charge in [-0.1, -0.05) is 18.2 Å². The molecule has 0 saturated heterocycles. The van der Waals surface area contributed by atoms with Crippen LogP contribution in [-0.4, -0.2) is 40.3 Å². The summed E-state index contributed by atoms with van der Waals surface area (Å²) in [5.41, 5.74) is 2.20. The molecular weight excluding hydrogens is 384 g/mol. The number of sulfone groups is 1. The molecular formula is C20H18O7S. The van der Waals surface area contributed by atoms with Crippen LogP contribution >= 0.6 is 0 Å². The summed E-state index contributed by atoms with van der Waals surface area (Å²) < 4.78 is 38.8. The zero-order valence-corrected chi connectivity index (χ0v) is 16.3. The monoisotopic (exact) mass is 402 g/mol. The molecule has 0 unspecified atom stereocenters. The molecule has 28 heavy (non-hydrogen) atoms. The van der Waals surface area contributed by atoms with E-state index in [1.54, 1.807) is 30.3 Å². The van der Waals surface area contributed by atoms with Crippen LogP contribution in [0.4, 0.5) is 0 Å². The lowest BCUT2D eigenvalue weighted by Crippen LogP contribution is -2.03. The largest absolute Gasteiger partial charge is 0.493 e. The molecule has 146 valence electrons. The van der Waals surface area contributed by atoms with Gasteiger partial charge < -0.3 is 14.2 Å². The number of hydrogen-bond donors (Lipinski definition) is 0. The summed E-state index contributed by atoms with van der Waals surface area (Å²) in [6, 6.07) is 11.0. The maximum atomic E-state index is 12.3. The average molecular weight is 402 g/mol. The first-order chi connectivity index (χ1) is 13.2. The Morgan fingerprint density at radius 3 is 2.25 bits per heavy atom. The molecule has 0 amide bonds. The number of benzene rings is 2. The first-order valence-corrected chi connectivity index (χ1v) is 10.2. The standard InChI is InChI=1S/C20H18O7S/c1-12(21)27-17-9-6-14(10-18(17)25-2)16-11-26-20(22)19(16)13-4-7-15(8-5-13)28(3,23)24/h4-10H,11H2,1-3H3. The zero-order valence-electron chi connectivity index (χ0n) is 15.5. The van der Waals surface area contributed by atoms with Gasteiger partial charge in [-0.3, -0.25) is 4.79 Å². The van der Waals surface area contributed by atoms with E-state index < -0.39 is 21.8 Å². The molecule has 3 rings (SSSR count). The van der Waals surface area contributed by atoms with E-state index in [9.17, 15) is 18.0 Å². The second-order valence-electron chi connectivity index (χ2n) is 6.19. The molecule has 1 heterocycles. The number of carbonyl (C=O) groups excluding carboxylic acids is 2. The third-order valence-electron chi connectivity index (χ3n) is 4.19. The van der Waals surface area contributed by atoms with E-state index in [1.165, 1.54) is 26.2 Å². The SMILES string of the molecule is COc1cc(C2=C(c3ccc(S(C)(=O)=O)cc3)C(=O)OC2)ccc1OC(C)=O. The van der Waals surface area contributed by atoms with E-state index in [-0.39, 0.29) is 17.3 Å². The van der Waals surface area contributed by atoms with Crippen molar-refractivity contribution in [1.29, 1.82) is 0 Å². The summed E-state index contributed by atoms with van der Waals surface area (Å²) in [6.07, 6.45) is 1.12. The van der Waals surface area contributed by atoms with Crippen molar-refractivity contribution in [2.75, 3.05) is 20.0 Å². The molecule has 0 aliphatic carbocycles. The number of carbonyl (C=O) groups is 2. The zero-order chi connectivity index (χ0) is 20.5. The quantitative estimate of drug-likeness (QED) is 0.560. The number of rotatable bonds is 5. The molecule has 2 aromatic rings. The minimum atomic E-state index is -3.34. The molecule has 2 aromatic carbocycles. The van der Waals surface area contributed by atoms with Crippen molar-refractivity contribution in [2.45, 2.75) is 11.8 Å². The fraction of sp³-hybridized carbons (Fsp3) is 0.200. The van der Waals surface area contributed by atoms with Crippen LogP contribution in [0, 0.1) is 0 Å². The van der Waals surface area contributed by atoms with Crippen molar-refractivity contribution in [3.8, 4) is 11.5 Å². The van der Waals surface area contributed by atoms with Gasteiger partial charge in [-0.2, -0.15) is 0 Å². The predicted octanol–water partition coefficient (Wildman–Crippen LogP) is 2.49. The summed E-state index contributed by atoms with van der Waals surface area (Å²) in [5, 5.41) is 0. The topological polar surface area (TPSA) is 96.0 Å². The van der Waals surface area contributed by atoms with Crippen LogP contribution in [0.3, 0.4) is 0 Å². The Hall–Kier alpha value is -3.13. The van der Waals surface area contributed by atoms with E-state index >= 15 is 0 Å². The van der Waals surface area contributed by atoms with Gasteiger partial charge in [0.15, 0.2) is 21.3 Å². The molecule has 0 radical (unpaired) electrons. The van der Waals surface area contributed by atoms with Crippen LogP contribution in [0.2, 0.25) is 0 Å². The molecule has 0 bridgehead atoms. The Labute approximate surface area is 162 Å². The van der Waals surface area contributed by atoms with Crippen LogP contribution in [-0.2, 0) is 24.2 Å². The molecule has 0 atom stereocenters. The summed E-state index contributed by atoms with van der Waals surface area (Å²) in [4.78, 5) is 23.7. The molecule has 0 aromatic heterocycles. The summed E-state index contributed by atoms with van der Waals surface area (Å²) in [5.74, 6) is -0.364. The van der Waals surface area contributed by atoms with Gasteiger partial charge >= 0.3 is 11.9 Å². The van der Waals surface area contributed by atoms with Crippen molar-refractivity contribution >= 4 is 32.9 Å². The van der Waals surface area contributed by atoms with Gasteiger partial charge in [0.1, 0.15) is 6.61 Å². The van der Waals surface area contributed by atoms with Gasteiger partial charge in [-0.15, -0.1) is 0 Å². The molecule has 0 N–H and O–H groups in total. The minimum Gasteiger partial charge on any atom is -0.493 e. The molecule has 7 nitrogen and oxygen atoms in total. The molecule has 0 fully saturated rings. The minimum absolute atomic E-state index is 0.0675. The van der Waals surface area contributed by atoms with Gasteiger partial charge in [0.2, 0.25) is 0 Å². The Bertz CT molecular complexity index is 1080. The molecule has 0 spiro atoms. The third-order valence-corrected chi connectivity index (χ3v) is 5.32. The number of methoxy groups -OCH3 is 1. The highest BCUT2D eigenvalue weighted by atomic mass is 32.2. The van der Waals surface area contributed by atoms with Crippen molar-refractivity contribution in [1.82, 2.24) is 0 Å². The lowest BCUT2D eigenvalue weighted by Gasteiger charge is -2.11. The van der Waals surface area contributed by atoms with Gasteiger partial charge in [-0.25, -0.2) is 13.2 Å². The summed E-state index contributed by atoms with van der Waals surface area (Å²) >= 11 is 0. The smallest absolute Gasteiger partial charge is 0.339 e. The lowest BCUT2D eigenvalue weighted by atomic mass is 9.96. The van der Waals surface area contributed by atoms with Crippen LogP contribution in [0.1, 0.15) is 18.1 Å². The highest BCUT2D eigenvalue weighted by Crippen LogP contribution is 2.37. The second kappa shape index (κ2) is 7.47. The van der Waals surface area contributed by atoms with Crippen LogP contribution in [0.5, 0.6) is 11.5 Å². The van der Waals surface area contributed by atoms with E-state index in [4.69, 9.17) is 14.2 Å². The fourth-order valence-electron chi connectivity index (χ4n) is 2.89. The highest BCUT2D eigenvalue weighted by molar-refractivity contribution is 7.90. The van der Waals surface area contributed by atoms with E-state index in [1.807, 2.05) is 0 Å². The summed E-state index contributed by atoms with van der Waals surface area (Å²) in [7, 11) is -1.89. The normalized spacial score (nSPS) is 14.0. The van der Waals surface area contributed by atoms with Gasteiger partial charge in [0, 0.05) is 18.8 Å². The average Bonchev–Trinajstić information content (AvgIpc) is 3.02. The molecule has 1 aliphatic rings.